The fourth-order valence-corrected chi connectivity index (χ4v) is 5.88. The van der Waals surface area contributed by atoms with Crippen LogP contribution in [0.4, 0.5) is 0 Å². The van der Waals surface area contributed by atoms with Gasteiger partial charge in [0.05, 0.1) is 0 Å². The summed E-state index contributed by atoms with van der Waals surface area (Å²) in [6.45, 7) is 9.13. The zero-order chi connectivity index (χ0) is 16.0. The summed E-state index contributed by atoms with van der Waals surface area (Å²) < 4.78 is 0. The number of nitrogens with one attached hydrogen (secondary N) is 1. The molecule has 0 heterocycles. The van der Waals surface area contributed by atoms with Crippen LogP contribution in [0.15, 0.2) is 24.3 Å². The maximum atomic E-state index is 3.79. The van der Waals surface area contributed by atoms with E-state index < -0.39 is 0 Å². The lowest BCUT2D eigenvalue weighted by Gasteiger charge is -2.54. The first kappa shape index (κ1) is 15.7. The number of rotatable bonds is 4. The third-order valence-electron chi connectivity index (χ3n) is 6.95. The average Bonchev–Trinajstić information content (AvgIpc) is 2.49. The lowest BCUT2D eigenvalue weighted by atomic mass is 9.52. The summed E-state index contributed by atoms with van der Waals surface area (Å²) in [7, 11) is 0. The molecule has 1 heteroatoms. The van der Waals surface area contributed by atoms with Crippen LogP contribution < -0.4 is 5.32 Å². The van der Waals surface area contributed by atoms with Crippen LogP contribution in [0.1, 0.15) is 64.0 Å². The van der Waals surface area contributed by atoms with Crippen LogP contribution in [0, 0.1) is 29.6 Å². The fourth-order valence-electron chi connectivity index (χ4n) is 5.88. The van der Waals surface area contributed by atoms with Crippen LogP contribution in [0.3, 0.4) is 0 Å². The molecule has 0 spiro atoms. The van der Waals surface area contributed by atoms with Crippen LogP contribution in [0.2, 0.25) is 0 Å². The van der Waals surface area contributed by atoms with Crippen LogP contribution >= 0.6 is 0 Å². The third kappa shape index (κ3) is 3.22. The monoisotopic (exact) mass is 311 g/mol. The van der Waals surface area contributed by atoms with Gasteiger partial charge in [-0.1, -0.05) is 45.0 Å². The highest BCUT2D eigenvalue weighted by Gasteiger charge is 2.47. The normalized spacial score (nSPS) is 35.7. The molecule has 4 fully saturated rings. The largest absolute Gasteiger partial charge is 0.312 e. The summed E-state index contributed by atoms with van der Waals surface area (Å²) in [6, 6.07) is 9.23. The molecule has 0 amide bonds. The molecular formula is C22H33N. The first-order valence-corrected chi connectivity index (χ1v) is 9.79. The minimum absolute atomic E-state index is 0.256. The smallest absolute Gasteiger partial charge is 0.0205 e. The highest BCUT2D eigenvalue weighted by atomic mass is 14.9. The molecule has 0 aliphatic heterocycles. The van der Waals surface area contributed by atoms with Crippen molar-refractivity contribution < 1.29 is 0 Å². The predicted molar refractivity (Wildman–Crippen MR) is 97.4 cm³/mol. The Kier molecular flexibility index (Phi) is 4.04. The van der Waals surface area contributed by atoms with Crippen molar-refractivity contribution >= 4 is 0 Å². The Bertz CT molecular complexity index is 508. The summed E-state index contributed by atoms with van der Waals surface area (Å²) in [5.74, 6) is 5.25. The Morgan fingerprint density at radius 1 is 0.870 bits per heavy atom. The molecule has 126 valence electrons. The number of hydrogen-bond donors (Lipinski definition) is 1. The molecule has 0 atom stereocenters. The Labute approximate surface area is 142 Å². The molecular weight excluding hydrogens is 278 g/mol. The van der Waals surface area contributed by atoms with Crippen LogP contribution in [-0.2, 0) is 12.0 Å². The van der Waals surface area contributed by atoms with Gasteiger partial charge in [-0.3, -0.25) is 0 Å². The van der Waals surface area contributed by atoms with E-state index in [9.17, 15) is 0 Å². The molecule has 23 heavy (non-hydrogen) atoms. The SMILES string of the molecule is CC(C)(C)c1ccc(CNCC2C3CC4CC(C3)CC2C4)cc1. The standard InChI is InChI=1S/C22H33N/c1-22(2,3)20-6-4-15(5-7-20)13-23-14-21-18-9-16-8-17(11-18)12-19(21)10-16/h4-7,16-19,21,23H,8-14H2,1-3H3. The van der Waals surface area contributed by atoms with E-state index in [1.807, 2.05) is 0 Å². The summed E-state index contributed by atoms with van der Waals surface area (Å²) in [6.07, 6.45) is 7.73. The summed E-state index contributed by atoms with van der Waals surface area (Å²) in [4.78, 5) is 0. The second kappa shape index (κ2) is 5.92. The van der Waals surface area contributed by atoms with Gasteiger partial charge in [0.25, 0.3) is 0 Å². The van der Waals surface area contributed by atoms with Crippen molar-refractivity contribution in [1.29, 1.82) is 0 Å². The number of benzene rings is 1. The second-order valence-electron chi connectivity index (χ2n) is 9.67. The molecule has 1 aromatic carbocycles. The van der Waals surface area contributed by atoms with Gasteiger partial charge in [0, 0.05) is 6.54 Å². The van der Waals surface area contributed by atoms with Crippen molar-refractivity contribution in [3.8, 4) is 0 Å². The zero-order valence-corrected chi connectivity index (χ0v) is 15.1. The lowest BCUT2D eigenvalue weighted by Crippen LogP contribution is -2.48. The third-order valence-corrected chi connectivity index (χ3v) is 6.95. The average molecular weight is 312 g/mol. The Hall–Kier alpha value is -0.820. The van der Waals surface area contributed by atoms with Crippen molar-refractivity contribution in [3.05, 3.63) is 35.4 Å². The van der Waals surface area contributed by atoms with Crippen LogP contribution in [0.25, 0.3) is 0 Å². The molecule has 1 aromatic rings. The molecule has 1 N–H and O–H groups in total. The van der Waals surface area contributed by atoms with Gasteiger partial charge in [-0.25, -0.2) is 0 Å². The summed E-state index contributed by atoms with van der Waals surface area (Å²) >= 11 is 0. The maximum absolute atomic E-state index is 3.79. The van der Waals surface area contributed by atoms with E-state index in [2.05, 4.69) is 50.4 Å². The van der Waals surface area contributed by atoms with Gasteiger partial charge in [0.15, 0.2) is 0 Å². The second-order valence-corrected chi connectivity index (χ2v) is 9.67. The van der Waals surface area contributed by atoms with E-state index in [1.165, 1.54) is 17.7 Å². The Balaban J connectivity index is 1.30. The Morgan fingerprint density at radius 3 is 1.96 bits per heavy atom. The maximum Gasteiger partial charge on any atom is 0.0205 e. The van der Waals surface area contributed by atoms with Gasteiger partial charge in [0.1, 0.15) is 0 Å². The van der Waals surface area contributed by atoms with Crippen molar-refractivity contribution in [2.45, 2.75) is 64.8 Å². The van der Waals surface area contributed by atoms with E-state index >= 15 is 0 Å². The van der Waals surface area contributed by atoms with Crippen molar-refractivity contribution in [3.63, 3.8) is 0 Å². The summed E-state index contributed by atoms with van der Waals surface area (Å²) in [5, 5.41) is 3.79. The van der Waals surface area contributed by atoms with E-state index in [-0.39, 0.29) is 5.41 Å². The van der Waals surface area contributed by atoms with Crippen molar-refractivity contribution in [2.24, 2.45) is 29.6 Å². The molecule has 5 rings (SSSR count). The van der Waals surface area contributed by atoms with Gasteiger partial charge in [-0.2, -0.15) is 0 Å². The molecule has 4 aliphatic carbocycles. The predicted octanol–water partition coefficient (Wildman–Crippen LogP) is 5.15. The molecule has 0 radical (unpaired) electrons. The van der Waals surface area contributed by atoms with Crippen molar-refractivity contribution in [1.82, 2.24) is 5.32 Å². The minimum atomic E-state index is 0.256. The lowest BCUT2D eigenvalue weighted by molar-refractivity contribution is -0.0355. The van der Waals surface area contributed by atoms with Crippen molar-refractivity contribution in [2.75, 3.05) is 6.54 Å². The molecule has 1 nitrogen and oxygen atoms in total. The Morgan fingerprint density at radius 2 is 1.43 bits per heavy atom. The molecule has 4 aliphatic rings. The van der Waals surface area contributed by atoms with E-state index in [0.717, 1.165) is 36.1 Å². The van der Waals surface area contributed by atoms with Gasteiger partial charge >= 0.3 is 0 Å². The molecule has 4 bridgehead atoms. The van der Waals surface area contributed by atoms with Gasteiger partial charge in [0.2, 0.25) is 0 Å². The van der Waals surface area contributed by atoms with Gasteiger partial charge in [-0.05, 0) is 84.8 Å². The van der Waals surface area contributed by atoms with E-state index in [4.69, 9.17) is 0 Å². The molecule has 0 saturated heterocycles. The molecule has 0 aromatic heterocycles. The highest BCUT2D eigenvalue weighted by Crippen LogP contribution is 2.56. The highest BCUT2D eigenvalue weighted by molar-refractivity contribution is 5.27. The van der Waals surface area contributed by atoms with Gasteiger partial charge < -0.3 is 5.32 Å². The van der Waals surface area contributed by atoms with Gasteiger partial charge in [-0.15, -0.1) is 0 Å². The first-order valence-electron chi connectivity index (χ1n) is 9.79. The summed E-state index contributed by atoms with van der Waals surface area (Å²) in [5.41, 5.74) is 3.12. The minimum Gasteiger partial charge on any atom is -0.312 e. The molecule has 4 saturated carbocycles. The number of hydrogen-bond acceptors (Lipinski definition) is 1. The van der Waals surface area contributed by atoms with Crippen LogP contribution in [-0.4, -0.2) is 6.54 Å². The fraction of sp³-hybridized carbons (Fsp3) is 0.727. The van der Waals surface area contributed by atoms with E-state index in [1.54, 1.807) is 32.1 Å². The van der Waals surface area contributed by atoms with E-state index in [0.29, 0.717) is 0 Å². The first-order chi connectivity index (χ1) is 11.0. The topological polar surface area (TPSA) is 12.0 Å². The zero-order valence-electron chi connectivity index (χ0n) is 15.1. The molecule has 0 unspecified atom stereocenters. The van der Waals surface area contributed by atoms with Crippen LogP contribution in [0.5, 0.6) is 0 Å². The quantitative estimate of drug-likeness (QED) is 0.811.